The lowest BCUT2D eigenvalue weighted by Gasteiger charge is -2.27. The summed E-state index contributed by atoms with van der Waals surface area (Å²) in [5, 5.41) is 13.6. The van der Waals surface area contributed by atoms with E-state index in [1.807, 2.05) is 6.92 Å². The van der Waals surface area contributed by atoms with Crippen molar-refractivity contribution in [1.29, 1.82) is 0 Å². The summed E-state index contributed by atoms with van der Waals surface area (Å²) < 4.78 is 13.1. The number of nitrogens with one attached hydrogen (secondary N) is 1. The Hall–Kier alpha value is -3.00. The van der Waals surface area contributed by atoms with Gasteiger partial charge < -0.3 is 10.2 Å². The van der Waals surface area contributed by atoms with Crippen LogP contribution in [0.5, 0.6) is 0 Å². The lowest BCUT2D eigenvalue weighted by Crippen LogP contribution is -2.43. The summed E-state index contributed by atoms with van der Waals surface area (Å²) in [7, 11) is 0. The van der Waals surface area contributed by atoms with Crippen molar-refractivity contribution in [3.05, 3.63) is 64.5 Å². The smallest absolute Gasteiger partial charge is 0.271 e. The Bertz CT molecular complexity index is 844. The van der Waals surface area contributed by atoms with Crippen LogP contribution in [0.1, 0.15) is 13.3 Å². The Morgan fingerprint density at radius 2 is 1.89 bits per heavy atom. The van der Waals surface area contributed by atoms with Crippen LogP contribution in [-0.2, 0) is 4.79 Å². The maximum Gasteiger partial charge on any atom is 0.271 e. The van der Waals surface area contributed by atoms with Gasteiger partial charge in [-0.1, -0.05) is 6.07 Å². The zero-order valence-electron chi connectivity index (χ0n) is 15.7. The highest BCUT2D eigenvalue weighted by Gasteiger charge is 2.24. The summed E-state index contributed by atoms with van der Waals surface area (Å²) in [6.07, 6.45) is 0.881. The predicted molar refractivity (Wildman–Crippen MR) is 106 cm³/mol. The molecule has 148 valence electrons. The van der Waals surface area contributed by atoms with E-state index in [1.54, 1.807) is 24.3 Å². The quantitative estimate of drug-likeness (QED) is 0.630. The summed E-state index contributed by atoms with van der Waals surface area (Å²) >= 11 is 0. The second kappa shape index (κ2) is 8.79. The number of carbonyl (C=O) groups excluding carboxylic acids is 1. The molecule has 1 saturated heterocycles. The molecule has 1 heterocycles. The fraction of sp³-hybridized carbons (Fsp3) is 0.350. The number of nitrogens with zero attached hydrogens (tertiary/aromatic N) is 3. The molecule has 7 nitrogen and oxygen atoms in total. The Balaban J connectivity index is 1.60. The number of non-ortho nitro benzene ring substituents is 1. The van der Waals surface area contributed by atoms with Crippen molar-refractivity contribution >= 4 is 23.0 Å². The average Bonchev–Trinajstić information content (AvgIpc) is 2.94. The van der Waals surface area contributed by atoms with Gasteiger partial charge in [-0.3, -0.25) is 19.8 Å². The van der Waals surface area contributed by atoms with E-state index >= 15 is 0 Å². The first-order valence-corrected chi connectivity index (χ1v) is 9.24. The highest BCUT2D eigenvalue weighted by Crippen LogP contribution is 2.20. The van der Waals surface area contributed by atoms with E-state index in [1.165, 1.54) is 24.3 Å². The van der Waals surface area contributed by atoms with Crippen molar-refractivity contribution in [2.75, 3.05) is 36.4 Å². The van der Waals surface area contributed by atoms with Crippen molar-refractivity contribution < 1.29 is 14.1 Å². The van der Waals surface area contributed by atoms with Crippen LogP contribution in [-0.4, -0.2) is 48.0 Å². The molecule has 1 N–H and O–H groups in total. The Morgan fingerprint density at radius 3 is 2.61 bits per heavy atom. The second-order valence-corrected chi connectivity index (χ2v) is 6.83. The molecule has 1 atom stereocenters. The number of amides is 1. The van der Waals surface area contributed by atoms with Crippen LogP contribution >= 0.6 is 0 Å². The molecule has 0 saturated carbocycles. The number of hydrogen-bond donors (Lipinski definition) is 1. The molecule has 3 rings (SSSR count). The number of anilines is 2. The molecule has 0 bridgehead atoms. The number of carbonyl (C=O) groups is 1. The van der Waals surface area contributed by atoms with Crippen molar-refractivity contribution in [1.82, 2.24) is 4.90 Å². The van der Waals surface area contributed by atoms with E-state index in [0.717, 1.165) is 31.7 Å². The molecule has 1 amide bonds. The van der Waals surface area contributed by atoms with Gasteiger partial charge in [0.1, 0.15) is 5.82 Å². The molecule has 0 aromatic heterocycles. The lowest BCUT2D eigenvalue weighted by molar-refractivity contribution is -0.384. The fourth-order valence-electron chi connectivity index (χ4n) is 3.34. The molecule has 1 unspecified atom stereocenters. The molecule has 0 radical (unpaired) electrons. The topological polar surface area (TPSA) is 78.7 Å². The molecule has 0 aliphatic carbocycles. The fourth-order valence-corrected chi connectivity index (χ4v) is 3.34. The minimum atomic E-state index is -0.488. The second-order valence-electron chi connectivity index (χ2n) is 6.83. The van der Waals surface area contributed by atoms with Crippen molar-refractivity contribution in [2.45, 2.75) is 19.4 Å². The number of hydrogen-bond acceptors (Lipinski definition) is 5. The molecule has 0 spiro atoms. The Labute approximate surface area is 162 Å². The molecule has 2 aromatic carbocycles. The third kappa shape index (κ3) is 4.83. The maximum atomic E-state index is 13.1. The van der Waals surface area contributed by atoms with E-state index in [4.69, 9.17) is 0 Å². The van der Waals surface area contributed by atoms with Gasteiger partial charge in [0, 0.05) is 49.7 Å². The van der Waals surface area contributed by atoms with Crippen LogP contribution in [0.2, 0.25) is 0 Å². The average molecular weight is 386 g/mol. The minimum absolute atomic E-state index is 0.0600. The molecule has 1 aliphatic heterocycles. The maximum absolute atomic E-state index is 13.1. The van der Waals surface area contributed by atoms with Gasteiger partial charge in [-0.15, -0.1) is 0 Å². The van der Waals surface area contributed by atoms with E-state index < -0.39 is 4.92 Å². The van der Waals surface area contributed by atoms with Crippen molar-refractivity contribution in [3.8, 4) is 0 Å². The standard InChI is InChI=1S/C20H23FN4O3/c1-15(20(26)22-17-4-2-5-19(14-17)25(27)28)23-10-3-11-24(13-12-23)18-8-6-16(21)7-9-18/h2,4-9,14-15H,3,10-13H2,1H3,(H,22,26). The van der Waals surface area contributed by atoms with Gasteiger partial charge >= 0.3 is 0 Å². The van der Waals surface area contributed by atoms with Crippen LogP contribution in [0.15, 0.2) is 48.5 Å². The van der Waals surface area contributed by atoms with Crippen LogP contribution in [0, 0.1) is 15.9 Å². The SMILES string of the molecule is CC(C(=O)Nc1cccc([N+](=O)[O-])c1)N1CCCN(c2ccc(F)cc2)CC1. The first-order valence-electron chi connectivity index (χ1n) is 9.24. The molecule has 8 heteroatoms. The number of nitro benzene ring substituents is 1. The highest BCUT2D eigenvalue weighted by atomic mass is 19.1. The third-order valence-electron chi connectivity index (χ3n) is 4.97. The van der Waals surface area contributed by atoms with Crippen LogP contribution < -0.4 is 10.2 Å². The van der Waals surface area contributed by atoms with Gasteiger partial charge in [-0.25, -0.2) is 4.39 Å². The highest BCUT2D eigenvalue weighted by molar-refractivity contribution is 5.94. The zero-order valence-corrected chi connectivity index (χ0v) is 15.7. The summed E-state index contributed by atoms with van der Waals surface area (Å²) in [4.78, 5) is 27.3. The van der Waals surface area contributed by atoms with Crippen molar-refractivity contribution in [3.63, 3.8) is 0 Å². The molecule has 1 aliphatic rings. The van der Waals surface area contributed by atoms with Gasteiger partial charge in [0.05, 0.1) is 11.0 Å². The van der Waals surface area contributed by atoms with Crippen LogP contribution in [0.4, 0.5) is 21.5 Å². The minimum Gasteiger partial charge on any atom is -0.370 e. The van der Waals surface area contributed by atoms with Crippen molar-refractivity contribution in [2.24, 2.45) is 0 Å². The predicted octanol–water partition coefficient (Wildman–Crippen LogP) is 3.27. The third-order valence-corrected chi connectivity index (χ3v) is 4.97. The summed E-state index contributed by atoms with van der Waals surface area (Å²) in [6.45, 7) is 4.86. The Morgan fingerprint density at radius 1 is 1.14 bits per heavy atom. The number of benzene rings is 2. The van der Waals surface area contributed by atoms with Gasteiger partial charge in [0.2, 0.25) is 5.91 Å². The van der Waals surface area contributed by atoms with Gasteiger partial charge in [0.25, 0.3) is 5.69 Å². The largest absolute Gasteiger partial charge is 0.370 e. The van der Waals surface area contributed by atoms with E-state index in [9.17, 15) is 19.3 Å². The normalized spacial score (nSPS) is 16.3. The Kier molecular flexibility index (Phi) is 6.20. The van der Waals surface area contributed by atoms with Crippen LogP contribution in [0.25, 0.3) is 0 Å². The molecule has 28 heavy (non-hydrogen) atoms. The number of rotatable bonds is 5. The van der Waals surface area contributed by atoms with Crippen LogP contribution in [0.3, 0.4) is 0 Å². The molecule has 2 aromatic rings. The number of nitro groups is 1. The first-order chi connectivity index (χ1) is 13.4. The number of halogens is 1. The molecular weight excluding hydrogens is 363 g/mol. The zero-order chi connectivity index (χ0) is 20.1. The first kappa shape index (κ1) is 19.8. The van der Waals surface area contributed by atoms with Gasteiger partial charge in [-0.05, 0) is 43.7 Å². The molecule has 1 fully saturated rings. The van der Waals surface area contributed by atoms with E-state index in [2.05, 4.69) is 15.1 Å². The van der Waals surface area contributed by atoms with E-state index in [-0.39, 0.29) is 23.5 Å². The monoisotopic (exact) mass is 386 g/mol. The lowest BCUT2D eigenvalue weighted by atomic mass is 10.2. The molecular formula is C20H23FN4O3. The summed E-state index contributed by atoms with van der Waals surface area (Å²) in [5.74, 6) is -0.456. The van der Waals surface area contributed by atoms with Gasteiger partial charge in [-0.2, -0.15) is 0 Å². The summed E-state index contributed by atoms with van der Waals surface area (Å²) in [5.41, 5.74) is 1.32. The van der Waals surface area contributed by atoms with E-state index in [0.29, 0.717) is 12.2 Å². The summed E-state index contributed by atoms with van der Waals surface area (Å²) in [6, 6.07) is 12.0. The van der Waals surface area contributed by atoms with Gasteiger partial charge in [0.15, 0.2) is 0 Å².